The minimum absolute atomic E-state index is 0.0665. The number of nitrogens with zero attached hydrogens (tertiary/aromatic N) is 1. The second kappa shape index (κ2) is 4.73. The van der Waals surface area contributed by atoms with Crippen LogP contribution in [0.5, 0.6) is 0 Å². The maximum absolute atomic E-state index is 13.0. The van der Waals surface area contributed by atoms with Crippen LogP contribution in [0.2, 0.25) is 0 Å². The van der Waals surface area contributed by atoms with E-state index in [9.17, 15) is 17.6 Å². The van der Waals surface area contributed by atoms with Crippen LogP contribution in [-0.2, 0) is 6.18 Å². The number of hydrogen-bond acceptors (Lipinski definition) is 1. The summed E-state index contributed by atoms with van der Waals surface area (Å²) in [4.78, 5) is 0. The van der Waals surface area contributed by atoms with Gasteiger partial charge in [-0.1, -0.05) is 24.3 Å². The number of halogens is 4. The summed E-state index contributed by atoms with van der Waals surface area (Å²) in [5.74, 6) is -0.662. The van der Waals surface area contributed by atoms with Gasteiger partial charge in [0, 0.05) is 5.56 Å². The predicted molar refractivity (Wildman–Crippen MR) is 61.6 cm³/mol. The molecule has 2 aromatic rings. The Morgan fingerprint density at radius 2 is 1.63 bits per heavy atom. The SMILES string of the molecule is N#Cc1cc(F)ccc1-c1ccccc1C(F)(F)F. The van der Waals surface area contributed by atoms with Gasteiger partial charge in [-0.2, -0.15) is 18.4 Å². The fourth-order valence-corrected chi connectivity index (χ4v) is 1.81. The molecule has 0 bridgehead atoms. The van der Waals surface area contributed by atoms with Crippen LogP contribution in [-0.4, -0.2) is 0 Å². The highest BCUT2D eigenvalue weighted by Crippen LogP contribution is 2.37. The Hall–Kier alpha value is -2.35. The van der Waals surface area contributed by atoms with Gasteiger partial charge in [0.2, 0.25) is 0 Å². The molecular formula is C14H7F4N. The van der Waals surface area contributed by atoms with Crippen molar-refractivity contribution in [3.63, 3.8) is 0 Å². The van der Waals surface area contributed by atoms with E-state index in [-0.39, 0.29) is 16.7 Å². The molecule has 0 aromatic heterocycles. The average Bonchev–Trinajstić information content (AvgIpc) is 2.37. The van der Waals surface area contributed by atoms with Gasteiger partial charge in [-0.15, -0.1) is 0 Å². The highest BCUT2D eigenvalue weighted by molar-refractivity contribution is 5.73. The Balaban J connectivity index is 2.71. The van der Waals surface area contributed by atoms with Crippen LogP contribution in [0.1, 0.15) is 11.1 Å². The van der Waals surface area contributed by atoms with Crippen LogP contribution < -0.4 is 0 Å². The summed E-state index contributed by atoms with van der Waals surface area (Å²) in [5.41, 5.74) is -1.04. The summed E-state index contributed by atoms with van der Waals surface area (Å²) >= 11 is 0. The molecule has 0 unspecified atom stereocenters. The molecule has 0 amide bonds. The van der Waals surface area contributed by atoms with Gasteiger partial charge in [0.1, 0.15) is 5.82 Å². The normalized spacial score (nSPS) is 11.1. The summed E-state index contributed by atoms with van der Waals surface area (Å²) in [6.45, 7) is 0. The molecule has 0 N–H and O–H groups in total. The first-order chi connectivity index (χ1) is 8.93. The third-order valence-electron chi connectivity index (χ3n) is 2.62. The summed E-state index contributed by atoms with van der Waals surface area (Å²) in [6.07, 6.45) is -4.53. The largest absolute Gasteiger partial charge is 0.417 e. The maximum atomic E-state index is 13.0. The average molecular weight is 265 g/mol. The molecule has 0 heterocycles. The van der Waals surface area contributed by atoms with Gasteiger partial charge < -0.3 is 0 Å². The van der Waals surface area contributed by atoms with Crippen LogP contribution in [0.15, 0.2) is 42.5 Å². The molecule has 2 aromatic carbocycles. The molecule has 0 saturated carbocycles. The second-order valence-electron chi connectivity index (χ2n) is 3.85. The molecule has 19 heavy (non-hydrogen) atoms. The summed E-state index contributed by atoms with van der Waals surface area (Å²) < 4.78 is 51.7. The smallest absolute Gasteiger partial charge is 0.207 e. The van der Waals surface area contributed by atoms with Gasteiger partial charge in [0.05, 0.1) is 17.2 Å². The van der Waals surface area contributed by atoms with E-state index in [1.165, 1.54) is 24.3 Å². The third-order valence-corrected chi connectivity index (χ3v) is 2.62. The molecule has 2 rings (SSSR count). The lowest BCUT2D eigenvalue weighted by Gasteiger charge is -2.13. The van der Waals surface area contributed by atoms with Crippen LogP contribution in [0.4, 0.5) is 17.6 Å². The van der Waals surface area contributed by atoms with Crippen molar-refractivity contribution in [3.05, 3.63) is 59.4 Å². The van der Waals surface area contributed by atoms with Gasteiger partial charge in [-0.25, -0.2) is 4.39 Å². The molecule has 96 valence electrons. The molecule has 0 spiro atoms. The van der Waals surface area contributed by atoms with E-state index in [0.29, 0.717) is 0 Å². The second-order valence-corrected chi connectivity index (χ2v) is 3.85. The minimum atomic E-state index is -4.53. The van der Waals surface area contributed by atoms with Crippen molar-refractivity contribution in [1.82, 2.24) is 0 Å². The quantitative estimate of drug-likeness (QED) is 0.702. The van der Waals surface area contributed by atoms with E-state index >= 15 is 0 Å². The lowest BCUT2D eigenvalue weighted by Crippen LogP contribution is -2.07. The first-order valence-corrected chi connectivity index (χ1v) is 5.29. The lowest BCUT2D eigenvalue weighted by atomic mass is 9.95. The maximum Gasteiger partial charge on any atom is 0.417 e. The van der Waals surface area contributed by atoms with Crippen LogP contribution in [0.25, 0.3) is 11.1 Å². The Labute approximate surface area is 106 Å². The van der Waals surface area contributed by atoms with Gasteiger partial charge in [0.25, 0.3) is 0 Å². The molecule has 0 saturated heterocycles. The zero-order valence-corrected chi connectivity index (χ0v) is 9.50. The van der Waals surface area contributed by atoms with Crippen molar-refractivity contribution in [1.29, 1.82) is 5.26 Å². The first kappa shape index (κ1) is 13.1. The van der Waals surface area contributed by atoms with Crippen molar-refractivity contribution in [2.24, 2.45) is 0 Å². The fraction of sp³-hybridized carbons (Fsp3) is 0.0714. The van der Waals surface area contributed by atoms with Crippen molar-refractivity contribution in [3.8, 4) is 17.2 Å². The monoisotopic (exact) mass is 265 g/mol. The zero-order chi connectivity index (χ0) is 14.0. The van der Waals surface area contributed by atoms with Crippen molar-refractivity contribution in [2.75, 3.05) is 0 Å². The van der Waals surface area contributed by atoms with Crippen LogP contribution in [0.3, 0.4) is 0 Å². The number of rotatable bonds is 1. The van der Waals surface area contributed by atoms with Gasteiger partial charge in [-0.05, 0) is 23.8 Å². The standard InChI is InChI=1S/C14H7F4N/c15-10-5-6-11(9(7-10)8-19)12-3-1-2-4-13(12)14(16,17)18/h1-7H. The number of hydrogen-bond donors (Lipinski definition) is 0. The first-order valence-electron chi connectivity index (χ1n) is 5.29. The van der Waals surface area contributed by atoms with E-state index < -0.39 is 17.6 Å². The molecule has 1 nitrogen and oxygen atoms in total. The van der Waals surface area contributed by atoms with Crippen LogP contribution in [0, 0.1) is 17.1 Å². The highest BCUT2D eigenvalue weighted by atomic mass is 19.4. The van der Waals surface area contributed by atoms with Gasteiger partial charge in [-0.3, -0.25) is 0 Å². The molecule has 0 radical (unpaired) electrons. The molecule has 0 aliphatic heterocycles. The number of alkyl halides is 3. The van der Waals surface area contributed by atoms with Crippen molar-refractivity contribution < 1.29 is 17.6 Å². The third kappa shape index (κ3) is 2.58. The van der Waals surface area contributed by atoms with Gasteiger partial charge >= 0.3 is 6.18 Å². The minimum Gasteiger partial charge on any atom is -0.207 e. The van der Waals surface area contributed by atoms with E-state index in [1.54, 1.807) is 6.07 Å². The lowest BCUT2D eigenvalue weighted by molar-refractivity contribution is -0.137. The van der Waals surface area contributed by atoms with E-state index in [4.69, 9.17) is 5.26 Å². The van der Waals surface area contributed by atoms with E-state index in [2.05, 4.69) is 0 Å². The van der Waals surface area contributed by atoms with Crippen LogP contribution >= 0.6 is 0 Å². The van der Waals surface area contributed by atoms with Crippen molar-refractivity contribution in [2.45, 2.75) is 6.18 Å². The number of benzene rings is 2. The van der Waals surface area contributed by atoms with Gasteiger partial charge in [0.15, 0.2) is 0 Å². The fourth-order valence-electron chi connectivity index (χ4n) is 1.81. The van der Waals surface area contributed by atoms with Crippen molar-refractivity contribution >= 4 is 0 Å². The predicted octanol–water partition coefficient (Wildman–Crippen LogP) is 4.38. The Morgan fingerprint density at radius 1 is 0.947 bits per heavy atom. The molecule has 5 heteroatoms. The molecular weight excluding hydrogens is 258 g/mol. The van der Waals surface area contributed by atoms with E-state index in [1.807, 2.05) is 0 Å². The molecule has 0 atom stereocenters. The highest BCUT2D eigenvalue weighted by Gasteiger charge is 2.33. The summed E-state index contributed by atoms with van der Waals surface area (Å²) in [7, 11) is 0. The molecule has 0 fully saturated rings. The zero-order valence-electron chi connectivity index (χ0n) is 9.50. The Kier molecular flexibility index (Phi) is 3.26. The summed E-state index contributed by atoms with van der Waals surface area (Å²) in [5, 5.41) is 8.90. The number of nitriles is 1. The molecule has 0 aliphatic rings. The summed E-state index contributed by atoms with van der Waals surface area (Å²) in [6, 6.07) is 9.73. The van der Waals surface area contributed by atoms with E-state index in [0.717, 1.165) is 18.2 Å². The Morgan fingerprint density at radius 3 is 2.26 bits per heavy atom. The topological polar surface area (TPSA) is 23.8 Å². The Bertz CT molecular complexity index is 653. The molecule has 0 aliphatic carbocycles.